The van der Waals surface area contributed by atoms with Crippen LogP contribution in [0.2, 0.25) is 0 Å². The van der Waals surface area contributed by atoms with Crippen LogP contribution in [0.4, 0.5) is 5.82 Å². The standard InChI is InChI=1S/C22H27N5O2/c1-26-15-17(14-24-26)16-4-6-18(7-5-16)29-22-19-3-2-8-23-20(19)13-21(25-22)27-9-11-28-12-10-27/h2-3,8,13-16,18H,4-7,9-12H2,1H3. The summed E-state index contributed by atoms with van der Waals surface area (Å²) < 4.78 is 13.8. The average Bonchev–Trinajstić information content (AvgIpc) is 3.21. The summed E-state index contributed by atoms with van der Waals surface area (Å²) in [6.45, 7) is 3.16. The fraction of sp³-hybridized carbons (Fsp3) is 0.500. The number of nitrogens with zero attached hydrogens (tertiary/aromatic N) is 5. The molecule has 0 unspecified atom stereocenters. The van der Waals surface area contributed by atoms with E-state index in [1.54, 1.807) is 0 Å². The smallest absolute Gasteiger partial charge is 0.225 e. The van der Waals surface area contributed by atoms with Crippen LogP contribution in [0.3, 0.4) is 0 Å². The highest BCUT2D eigenvalue weighted by Crippen LogP contribution is 2.36. The summed E-state index contributed by atoms with van der Waals surface area (Å²) in [5.74, 6) is 2.22. The number of hydrogen-bond donors (Lipinski definition) is 0. The van der Waals surface area contributed by atoms with Crippen LogP contribution in [0, 0.1) is 0 Å². The summed E-state index contributed by atoms with van der Waals surface area (Å²) in [6.07, 6.45) is 10.5. The van der Waals surface area contributed by atoms with Crippen molar-refractivity contribution < 1.29 is 9.47 Å². The summed E-state index contributed by atoms with van der Waals surface area (Å²) in [4.78, 5) is 11.7. The number of anilines is 1. The normalized spacial score (nSPS) is 22.7. The third-order valence-corrected chi connectivity index (χ3v) is 6.03. The first kappa shape index (κ1) is 18.4. The molecule has 3 aromatic heterocycles. The van der Waals surface area contributed by atoms with Crippen LogP contribution >= 0.6 is 0 Å². The zero-order chi connectivity index (χ0) is 19.6. The molecular formula is C22H27N5O2. The molecule has 0 spiro atoms. The fourth-order valence-corrected chi connectivity index (χ4v) is 4.40. The SMILES string of the molecule is Cn1cc(C2CCC(Oc3nc(N4CCOCC4)cc4ncccc34)CC2)cn1. The van der Waals surface area contributed by atoms with Crippen LogP contribution in [-0.2, 0) is 11.8 Å². The molecule has 152 valence electrons. The molecule has 1 saturated heterocycles. The van der Waals surface area contributed by atoms with Crippen molar-refractivity contribution in [3.8, 4) is 5.88 Å². The van der Waals surface area contributed by atoms with Crippen molar-refractivity contribution in [2.24, 2.45) is 7.05 Å². The number of hydrogen-bond acceptors (Lipinski definition) is 6. The lowest BCUT2D eigenvalue weighted by Crippen LogP contribution is -2.36. The van der Waals surface area contributed by atoms with Crippen molar-refractivity contribution in [1.82, 2.24) is 19.7 Å². The van der Waals surface area contributed by atoms with Gasteiger partial charge < -0.3 is 14.4 Å². The third kappa shape index (κ3) is 3.92. The first-order valence-corrected chi connectivity index (χ1v) is 10.5. The minimum Gasteiger partial charge on any atom is -0.474 e. The highest BCUT2D eigenvalue weighted by molar-refractivity contribution is 5.85. The molecule has 3 aromatic rings. The molecule has 0 N–H and O–H groups in total. The fourth-order valence-electron chi connectivity index (χ4n) is 4.40. The van der Waals surface area contributed by atoms with E-state index in [1.807, 2.05) is 30.2 Å². The maximum atomic E-state index is 6.46. The molecule has 1 aliphatic carbocycles. The predicted molar refractivity (Wildman–Crippen MR) is 111 cm³/mol. The molecule has 0 amide bonds. The van der Waals surface area contributed by atoms with E-state index >= 15 is 0 Å². The molecule has 4 heterocycles. The van der Waals surface area contributed by atoms with Gasteiger partial charge in [-0.25, -0.2) is 0 Å². The molecule has 0 radical (unpaired) electrons. The Balaban J connectivity index is 1.34. The van der Waals surface area contributed by atoms with Crippen LogP contribution < -0.4 is 9.64 Å². The molecule has 1 aliphatic heterocycles. The largest absolute Gasteiger partial charge is 0.474 e. The van der Waals surface area contributed by atoms with Crippen LogP contribution in [0.25, 0.3) is 10.9 Å². The first-order chi connectivity index (χ1) is 14.3. The quantitative estimate of drug-likeness (QED) is 0.678. The zero-order valence-corrected chi connectivity index (χ0v) is 16.8. The predicted octanol–water partition coefficient (Wildman–Crippen LogP) is 3.31. The third-order valence-electron chi connectivity index (χ3n) is 6.03. The van der Waals surface area contributed by atoms with Crippen molar-refractivity contribution in [1.29, 1.82) is 0 Å². The Hall–Kier alpha value is -2.67. The Morgan fingerprint density at radius 2 is 1.97 bits per heavy atom. The van der Waals surface area contributed by atoms with Gasteiger partial charge in [0.25, 0.3) is 0 Å². The maximum Gasteiger partial charge on any atom is 0.225 e. The van der Waals surface area contributed by atoms with E-state index < -0.39 is 0 Å². The van der Waals surface area contributed by atoms with E-state index in [0.717, 1.165) is 68.7 Å². The van der Waals surface area contributed by atoms with Gasteiger partial charge in [0.2, 0.25) is 5.88 Å². The van der Waals surface area contributed by atoms with E-state index in [2.05, 4.69) is 33.3 Å². The zero-order valence-electron chi connectivity index (χ0n) is 16.8. The Morgan fingerprint density at radius 1 is 1.14 bits per heavy atom. The molecule has 7 nitrogen and oxygen atoms in total. The molecule has 5 rings (SSSR count). The monoisotopic (exact) mass is 393 g/mol. The van der Waals surface area contributed by atoms with Gasteiger partial charge in [-0.05, 0) is 49.3 Å². The molecule has 0 bridgehead atoms. The summed E-state index contributed by atoms with van der Waals surface area (Å²) >= 11 is 0. The molecule has 1 saturated carbocycles. The summed E-state index contributed by atoms with van der Waals surface area (Å²) in [6, 6.07) is 6.06. The van der Waals surface area contributed by atoms with Gasteiger partial charge in [0.1, 0.15) is 11.9 Å². The first-order valence-electron chi connectivity index (χ1n) is 10.5. The number of pyridine rings is 2. The second-order valence-electron chi connectivity index (χ2n) is 7.99. The van der Waals surface area contributed by atoms with Gasteiger partial charge in [-0.2, -0.15) is 10.1 Å². The van der Waals surface area contributed by atoms with Gasteiger partial charge >= 0.3 is 0 Å². The van der Waals surface area contributed by atoms with Crippen LogP contribution in [0.15, 0.2) is 36.8 Å². The van der Waals surface area contributed by atoms with Gasteiger partial charge in [0.15, 0.2) is 0 Å². The van der Waals surface area contributed by atoms with Gasteiger partial charge in [0, 0.05) is 38.6 Å². The number of ether oxygens (including phenoxy) is 2. The lowest BCUT2D eigenvalue weighted by Gasteiger charge is -2.30. The van der Waals surface area contributed by atoms with E-state index in [0.29, 0.717) is 11.8 Å². The molecular weight excluding hydrogens is 366 g/mol. The Labute approximate surface area is 170 Å². The van der Waals surface area contributed by atoms with Gasteiger partial charge in [-0.1, -0.05) is 0 Å². The van der Waals surface area contributed by atoms with Crippen LogP contribution in [0.5, 0.6) is 5.88 Å². The summed E-state index contributed by atoms with van der Waals surface area (Å²) in [5, 5.41) is 5.31. The minimum atomic E-state index is 0.193. The molecule has 29 heavy (non-hydrogen) atoms. The highest BCUT2D eigenvalue weighted by Gasteiger charge is 2.26. The minimum absolute atomic E-state index is 0.193. The topological polar surface area (TPSA) is 65.3 Å². The van der Waals surface area contributed by atoms with Crippen molar-refractivity contribution in [3.05, 3.63) is 42.4 Å². The van der Waals surface area contributed by atoms with Crippen molar-refractivity contribution in [3.63, 3.8) is 0 Å². The molecule has 0 atom stereocenters. The van der Waals surface area contributed by atoms with Gasteiger partial charge in [-0.15, -0.1) is 0 Å². The number of aryl methyl sites for hydroxylation is 1. The number of rotatable bonds is 4. The second-order valence-corrected chi connectivity index (χ2v) is 7.99. The van der Waals surface area contributed by atoms with Crippen molar-refractivity contribution in [2.75, 3.05) is 31.2 Å². The second kappa shape index (κ2) is 7.99. The van der Waals surface area contributed by atoms with Crippen LogP contribution in [0.1, 0.15) is 37.2 Å². The summed E-state index contributed by atoms with van der Waals surface area (Å²) in [7, 11) is 1.98. The molecule has 2 aliphatic rings. The van der Waals surface area contributed by atoms with Crippen molar-refractivity contribution >= 4 is 16.7 Å². The van der Waals surface area contributed by atoms with Crippen molar-refractivity contribution in [2.45, 2.75) is 37.7 Å². The van der Waals surface area contributed by atoms with E-state index in [-0.39, 0.29) is 6.10 Å². The van der Waals surface area contributed by atoms with E-state index in [4.69, 9.17) is 14.5 Å². The number of fused-ring (bicyclic) bond motifs is 1. The van der Waals surface area contributed by atoms with Crippen LogP contribution in [-0.4, -0.2) is 52.2 Å². The Kier molecular flexibility index (Phi) is 5.06. The lowest BCUT2D eigenvalue weighted by atomic mass is 9.84. The summed E-state index contributed by atoms with van der Waals surface area (Å²) in [5.41, 5.74) is 2.27. The highest BCUT2D eigenvalue weighted by atomic mass is 16.5. The number of morpholine rings is 1. The van der Waals surface area contributed by atoms with E-state index in [9.17, 15) is 0 Å². The Morgan fingerprint density at radius 3 is 2.72 bits per heavy atom. The number of aromatic nitrogens is 4. The Bertz CT molecular complexity index is 974. The van der Waals surface area contributed by atoms with E-state index in [1.165, 1.54) is 5.56 Å². The molecule has 7 heteroatoms. The average molecular weight is 393 g/mol. The molecule has 0 aromatic carbocycles. The van der Waals surface area contributed by atoms with Gasteiger partial charge in [0.05, 0.1) is 30.3 Å². The molecule has 2 fully saturated rings. The maximum absolute atomic E-state index is 6.46. The lowest BCUT2D eigenvalue weighted by molar-refractivity contribution is 0.122. The van der Waals surface area contributed by atoms with Gasteiger partial charge in [-0.3, -0.25) is 9.67 Å².